The van der Waals surface area contributed by atoms with Gasteiger partial charge in [-0.25, -0.2) is 8.42 Å². The number of nitrogens with two attached hydrogens (primary N) is 1. The summed E-state index contributed by atoms with van der Waals surface area (Å²) in [5.74, 6) is 0. The highest BCUT2D eigenvalue weighted by Crippen LogP contribution is 2.34. The maximum Gasteiger partial charge on any atom is 0.177 e. The molecule has 2 rings (SSSR count). The van der Waals surface area contributed by atoms with E-state index in [9.17, 15) is 8.42 Å². The van der Waals surface area contributed by atoms with Crippen LogP contribution in [-0.2, 0) is 9.84 Å². The second-order valence-corrected chi connectivity index (χ2v) is 6.63. The molecule has 0 unspecified atom stereocenters. The van der Waals surface area contributed by atoms with Crippen molar-refractivity contribution in [3.05, 3.63) is 48.0 Å². The third kappa shape index (κ3) is 2.83. The number of nitrogen functional groups attached to an aromatic ring is 1. The minimum atomic E-state index is -3.40. The fraction of sp³-hybridized carbons (Fsp3) is 0.133. The van der Waals surface area contributed by atoms with Crippen molar-refractivity contribution in [2.75, 3.05) is 23.9 Å². The first kappa shape index (κ1) is 14.9. The van der Waals surface area contributed by atoms with Gasteiger partial charge in [-0.05, 0) is 24.3 Å². The van der Waals surface area contributed by atoms with E-state index in [2.05, 4.69) is 6.07 Å². The molecular weight excluding hydrogens is 286 g/mol. The van der Waals surface area contributed by atoms with E-state index in [4.69, 9.17) is 11.0 Å². The molecule has 0 aliphatic rings. The number of sulfone groups is 1. The molecule has 0 bridgehead atoms. The van der Waals surface area contributed by atoms with Crippen molar-refractivity contribution >= 4 is 26.9 Å². The SMILES string of the molecule is CN(c1ccccc1C#N)c1cccc(S(C)(=O)=O)c1N. The van der Waals surface area contributed by atoms with Crippen LogP contribution in [0, 0.1) is 11.3 Å². The first-order valence-electron chi connectivity index (χ1n) is 6.17. The van der Waals surface area contributed by atoms with E-state index in [-0.39, 0.29) is 10.6 Å². The highest BCUT2D eigenvalue weighted by Gasteiger charge is 2.18. The van der Waals surface area contributed by atoms with Crippen molar-refractivity contribution in [1.82, 2.24) is 0 Å². The van der Waals surface area contributed by atoms with E-state index < -0.39 is 9.84 Å². The van der Waals surface area contributed by atoms with Gasteiger partial charge in [0.2, 0.25) is 0 Å². The van der Waals surface area contributed by atoms with Gasteiger partial charge in [-0.1, -0.05) is 18.2 Å². The predicted octanol–water partition coefficient (Wildman–Crippen LogP) is 2.31. The van der Waals surface area contributed by atoms with Gasteiger partial charge in [0.25, 0.3) is 0 Å². The smallest absolute Gasteiger partial charge is 0.177 e. The van der Waals surface area contributed by atoms with Crippen LogP contribution in [0.4, 0.5) is 17.1 Å². The van der Waals surface area contributed by atoms with Crippen molar-refractivity contribution in [1.29, 1.82) is 5.26 Å². The Morgan fingerprint density at radius 3 is 2.33 bits per heavy atom. The molecule has 2 N–H and O–H groups in total. The van der Waals surface area contributed by atoms with Gasteiger partial charge >= 0.3 is 0 Å². The Bertz CT molecular complexity index is 823. The van der Waals surface area contributed by atoms with Crippen LogP contribution in [0.25, 0.3) is 0 Å². The van der Waals surface area contributed by atoms with Gasteiger partial charge in [-0.2, -0.15) is 5.26 Å². The van der Waals surface area contributed by atoms with E-state index in [0.29, 0.717) is 16.9 Å². The van der Waals surface area contributed by atoms with Crippen molar-refractivity contribution in [3.63, 3.8) is 0 Å². The lowest BCUT2D eigenvalue weighted by Crippen LogP contribution is -2.14. The lowest BCUT2D eigenvalue weighted by Gasteiger charge is -2.23. The Morgan fingerprint density at radius 1 is 1.10 bits per heavy atom. The van der Waals surface area contributed by atoms with Crippen molar-refractivity contribution in [2.45, 2.75) is 4.90 Å². The molecule has 0 atom stereocenters. The first-order valence-corrected chi connectivity index (χ1v) is 8.07. The molecular formula is C15H15N3O2S. The summed E-state index contributed by atoms with van der Waals surface area (Å²) in [4.78, 5) is 1.80. The molecule has 0 radical (unpaired) electrons. The third-order valence-electron chi connectivity index (χ3n) is 3.19. The fourth-order valence-electron chi connectivity index (χ4n) is 2.14. The molecule has 0 heterocycles. The minimum Gasteiger partial charge on any atom is -0.396 e. The number of anilines is 3. The first-order chi connectivity index (χ1) is 9.86. The van der Waals surface area contributed by atoms with E-state index in [1.165, 1.54) is 6.07 Å². The van der Waals surface area contributed by atoms with Gasteiger partial charge < -0.3 is 10.6 Å². The summed E-state index contributed by atoms with van der Waals surface area (Å²) >= 11 is 0. The molecule has 0 aromatic heterocycles. The van der Waals surface area contributed by atoms with Crippen LogP contribution >= 0.6 is 0 Å². The van der Waals surface area contributed by atoms with Crippen LogP contribution in [0.3, 0.4) is 0 Å². The second kappa shape index (κ2) is 5.46. The zero-order valence-electron chi connectivity index (χ0n) is 11.7. The summed E-state index contributed by atoms with van der Waals surface area (Å²) in [6.07, 6.45) is 1.12. The van der Waals surface area contributed by atoms with Crippen LogP contribution in [-0.4, -0.2) is 21.7 Å². The van der Waals surface area contributed by atoms with Crippen LogP contribution in [0.1, 0.15) is 5.56 Å². The minimum absolute atomic E-state index is 0.0845. The number of nitrogens with zero attached hydrogens (tertiary/aromatic N) is 2. The van der Waals surface area contributed by atoms with Crippen LogP contribution in [0.5, 0.6) is 0 Å². The monoisotopic (exact) mass is 301 g/mol. The van der Waals surface area contributed by atoms with Gasteiger partial charge in [-0.15, -0.1) is 0 Å². The van der Waals surface area contributed by atoms with Crippen molar-refractivity contribution in [2.24, 2.45) is 0 Å². The molecule has 0 saturated carbocycles. The Kier molecular flexibility index (Phi) is 3.87. The Labute approximate surface area is 124 Å². The van der Waals surface area contributed by atoms with Crippen molar-refractivity contribution < 1.29 is 8.42 Å². The maximum absolute atomic E-state index is 11.7. The predicted molar refractivity (Wildman–Crippen MR) is 83.2 cm³/mol. The molecule has 6 heteroatoms. The summed E-state index contributed by atoms with van der Waals surface area (Å²) in [7, 11) is -1.66. The normalized spacial score (nSPS) is 10.9. The van der Waals surface area contributed by atoms with E-state index in [1.54, 1.807) is 42.3 Å². The Balaban J connectivity index is 2.60. The molecule has 2 aromatic carbocycles. The second-order valence-electron chi connectivity index (χ2n) is 4.65. The van der Waals surface area contributed by atoms with E-state index >= 15 is 0 Å². The molecule has 5 nitrogen and oxygen atoms in total. The van der Waals surface area contributed by atoms with Gasteiger partial charge in [0.1, 0.15) is 6.07 Å². The topological polar surface area (TPSA) is 87.2 Å². The molecule has 0 saturated heterocycles. The summed E-state index contributed by atoms with van der Waals surface area (Å²) in [5, 5.41) is 9.16. The number of hydrogen-bond donors (Lipinski definition) is 1. The summed E-state index contributed by atoms with van der Waals surface area (Å²) < 4.78 is 23.5. The van der Waals surface area contributed by atoms with Gasteiger partial charge in [-0.3, -0.25) is 0 Å². The Hall–Kier alpha value is -2.52. The van der Waals surface area contributed by atoms with E-state index in [1.807, 2.05) is 6.07 Å². The molecule has 0 aliphatic heterocycles. The largest absolute Gasteiger partial charge is 0.396 e. The molecule has 108 valence electrons. The third-order valence-corrected chi connectivity index (χ3v) is 4.34. The van der Waals surface area contributed by atoms with Crippen LogP contribution in [0.15, 0.2) is 47.4 Å². The number of nitriles is 1. The summed E-state index contributed by atoms with van der Waals surface area (Å²) in [6.45, 7) is 0. The van der Waals surface area contributed by atoms with Gasteiger partial charge in [0.05, 0.1) is 27.5 Å². The molecule has 0 spiro atoms. The fourth-order valence-corrected chi connectivity index (χ4v) is 2.97. The zero-order chi connectivity index (χ0) is 15.6. The number of rotatable bonds is 3. The average molecular weight is 301 g/mol. The van der Waals surface area contributed by atoms with Crippen molar-refractivity contribution in [3.8, 4) is 6.07 Å². The van der Waals surface area contributed by atoms with Crippen LogP contribution < -0.4 is 10.6 Å². The standard InChI is InChI=1S/C15H15N3O2S/c1-18(12-7-4-3-6-11(12)10-16)13-8-5-9-14(15(13)17)21(2,19)20/h3-9H,17H2,1-2H3. The number of hydrogen-bond acceptors (Lipinski definition) is 5. The van der Waals surface area contributed by atoms with Gasteiger partial charge in [0.15, 0.2) is 9.84 Å². The number of para-hydroxylation sites is 2. The van der Waals surface area contributed by atoms with Crippen LogP contribution in [0.2, 0.25) is 0 Å². The van der Waals surface area contributed by atoms with E-state index in [0.717, 1.165) is 6.26 Å². The molecule has 0 fully saturated rings. The molecule has 0 aliphatic carbocycles. The molecule has 21 heavy (non-hydrogen) atoms. The summed E-state index contributed by atoms with van der Waals surface area (Å²) in [5.41, 5.74) is 7.87. The van der Waals surface area contributed by atoms with Gasteiger partial charge in [0, 0.05) is 13.3 Å². The highest BCUT2D eigenvalue weighted by atomic mass is 32.2. The number of benzene rings is 2. The summed E-state index contributed by atoms with van der Waals surface area (Å²) in [6, 6.07) is 14.0. The Morgan fingerprint density at radius 2 is 1.71 bits per heavy atom. The molecule has 2 aromatic rings. The average Bonchev–Trinajstić information content (AvgIpc) is 2.45. The highest BCUT2D eigenvalue weighted by molar-refractivity contribution is 7.90. The lowest BCUT2D eigenvalue weighted by atomic mass is 10.1. The zero-order valence-corrected chi connectivity index (χ0v) is 12.6. The quantitative estimate of drug-likeness (QED) is 0.879. The molecule has 0 amide bonds. The lowest BCUT2D eigenvalue weighted by molar-refractivity contribution is 0.602. The maximum atomic E-state index is 11.7.